The molecular formula is C75H100ClFN12O6S4Y2-2. The predicted molar refractivity (Wildman–Crippen MR) is 429 cm³/mol. The van der Waals surface area contributed by atoms with Gasteiger partial charge in [0.05, 0.1) is 60.4 Å². The van der Waals surface area contributed by atoms with Crippen LogP contribution in [0, 0.1) is 26.0 Å². The van der Waals surface area contributed by atoms with Crippen molar-refractivity contribution in [3.63, 3.8) is 0 Å². The SMILES string of the molecule is C.CC.CC.CC.CC.CC.CC.CC.CC.CSc1nc2ccccc2[nH]1.CSc1nc2ccccc2n1-c1ccc(N)cc1.CSc1nc2ccccc2n1-c1ccc(N[C-]=O)cc1.CSc1nc2ccccc2n1-c1ccc([N+](=O)[O-])cc1.O=[C-]Cl.O=[N+]([O-])c1ccc(F)cc1.[Y].[Y]. The molecule has 0 spiro atoms. The Morgan fingerprint density at radius 3 is 1.03 bits per heavy atom. The van der Waals surface area contributed by atoms with Gasteiger partial charge in [-0.3, -0.25) is 33.9 Å². The van der Waals surface area contributed by atoms with Crippen LogP contribution in [0.15, 0.2) is 215 Å². The first-order valence-corrected chi connectivity index (χ1v) is 37.4. The van der Waals surface area contributed by atoms with Gasteiger partial charge < -0.3 is 37.2 Å². The molecule has 4 aromatic heterocycles. The second-order valence-electron chi connectivity index (χ2n) is 16.5. The van der Waals surface area contributed by atoms with Crippen molar-refractivity contribution in [1.82, 2.24) is 38.6 Å². The van der Waals surface area contributed by atoms with Crippen LogP contribution >= 0.6 is 58.6 Å². The van der Waals surface area contributed by atoms with Gasteiger partial charge in [-0.05, 0) is 122 Å². The summed E-state index contributed by atoms with van der Waals surface area (Å²) in [4.78, 5) is 59.8. The molecule has 542 valence electrons. The van der Waals surface area contributed by atoms with Crippen LogP contribution in [-0.2, 0) is 75.0 Å². The number of aromatic amines is 1. The van der Waals surface area contributed by atoms with Crippen molar-refractivity contribution < 1.29 is 89.2 Å². The molecule has 0 aliphatic carbocycles. The number of anilines is 2. The molecule has 0 saturated carbocycles. The second kappa shape index (κ2) is 62.9. The van der Waals surface area contributed by atoms with E-state index in [2.05, 4.69) is 57.0 Å². The van der Waals surface area contributed by atoms with Crippen molar-refractivity contribution in [3.8, 4) is 17.1 Å². The van der Waals surface area contributed by atoms with Crippen molar-refractivity contribution in [2.75, 3.05) is 36.1 Å². The van der Waals surface area contributed by atoms with Gasteiger partial charge in [-0.2, -0.15) is 5.75 Å². The first-order valence-electron chi connectivity index (χ1n) is 32.1. The number of nitrogens with zero attached hydrogens (tertiary/aromatic N) is 9. The predicted octanol–water partition coefficient (Wildman–Crippen LogP) is 23.4. The van der Waals surface area contributed by atoms with E-state index in [1.807, 2.05) is 280 Å². The van der Waals surface area contributed by atoms with E-state index in [0.29, 0.717) is 0 Å². The summed E-state index contributed by atoms with van der Waals surface area (Å²) >= 11 is 10.6. The Hall–Kier alpha value is -6.79. The molecule has 0 unspecified atom stereocenters. The van der Waals surface area contributed by atoms with Gasteiger partial charge >= 0.3 is 0 Å². The van der Waals surface area contributed by atoms with Crippen LogP contribution in [0.3, 0.4) is 0 Å². The first-order chi connectivity index (χ1) is 47.8. The molecule has 12 rings (SSSR count). The van der Waals surface area contributed by atoms with Crippen molar-refractivity contribution in [2.45, 2.75) is 139 Å². The second-order valence-corrected chi connectivity index (χ2v) is 19.8. The van der Waals surface area contributed by atoms with Gasteiger partial charge in [0.15, 0.2) is 20.6 Å². The maximum absolute atomic E-state index is 12.1. The number of benzene rings is 8. The van der Waals surface area contributed by atoms with E-state index in [1.165, 1.54) is 12.1 Å². The molecule has 2 radical (unpaired) electrons. The minimum Gasteiger partial charge on any atom is -0.525 e. The molecule has 26 heteroatoms. The maximum atomic E-state index is 12.1. The Morgan fingerprint density at radius 2 is 0.733 bits per heavy atom. The fraction of sp³-hybridized carbons (Fsp3) is 0.280. The minimum atomic E-state index is -0.570. The van der Waals surface area contributed by atoms with E-state index in [4.69, 9.17) is 10.5 Å². The third-order valence-electron chi connectivity index (χ3n) is 11.5. The van der Waals surface area contributed by atoms with Crippen LogP contribution in [0.1, 0.15) is 118 Å². The molecule has 0 aliphatic rings. The maximum Gasteiger partial charge on any atom is 0.269 e. The zero-order chi connectivity index (χ0) is 74.5. The van der Waals surface area contributed by atoms with Crippen molar-refractivity contribution in [2.24, 2.45) is 0 Å². The molecule has 1 amide bonds. The molecule has 4 heterocycles. The number of thioether (sulfide) groups is 4. The number of nitrogens with one attached hydrogen (secondary N) is 2. The van der Waals surface area contributed by atoms with Gasteiger partial charge in [0.1, 0.15) is 5.82 Å². The Labute approximate surface area is 671 Å². The number of para-hydroxylation sites is 8. The third kappa shape index (κ3) is 33.5. The Balaban J connectivity index is -0.000000361. The number of imidazole rings is 4. The molecule has 0 bridgehead atoms. The van der Waals surface area contributed by atoms with Gasteiger partial charge in [-0.15, -0.1) is 17.8 Å². The molecular weight excluding hydrogens is 1530 g/mol. The summed E-state index contributed by atoms with van der Waals surface area (Å²) in [6.07, 6.45) is 9.69. The number of hydrogen-bond donors (Lipinski definition) is 3. The van der Waals surface area contributed by atoms with Crippen molar-refractivity contribution in [3.05, 3.63) is 220 Å². The number of nitrogen functional groups attached to an aromatic ring is 1. The fourth-order valence-corrected chi connectivity index (χ4v) is 9.99. The van der Waals surface area contributed by atoms with E-state index >= 15 is 0 Å². The summed E-state index contributed by atoms with van der Waals surface area (Å²) in [6.45, 7) is 32.0. The van der Waals surface area contributed by atoms with Crippen molar-refractivity contribution in [1.29, 1.82) is 0 Å². The quantitative estimate of drug-likeness (QED) is 0.0207. The summed E-state index contributed by atoms with van der Waals surface area (Å²) in [7, 11) is 0. The fourth-order valence-electron chi connectivity index (χ4n) is 7.86. The topological polar surface area (TPSA) is 241 Å². The number of hydrogen-bond acceptors (Lipinski definition) is 15. The molecule has 12 aromatic rings. The number of nitro benzene ring substituents is 2. The number of aromatic nitrogens is 8. The Kier molecular flexibility index (Phi) is 64.1. The van der Waals surface area contributed by atoms with Crippen LogP contribution in [-0.4, -0.2) is 85.6 Å². The van der Waals surface area contributed by atoms with Crippen LogP contribution in [0.4, 0.5) is 27.1 Å². The number of carbonyl (C=O) groups excluding carboxylic acids is 2. The molecule has 0 aliphatic heterocycles. The van der Waals surface area contributed by atoms with Crippen LogP contribution in [0.2, 0.25) is 0 Å². The van der Waals surface area contributed by atoms with E-state index in [-0.39, 0.29) is 84.2 Å². The van der Waals surface area contributed by atoms with Gasteiger partial charge in [-0.25, -0.2) is 24.3 Å². The first kappa shape index (κ1) is 103. The van der Waals surface area contributed by atoms with Gasteiger partial charge in [0.25, 0.3) is 11.4 Å². The normalized spacial score (nSPS) is 8.89. The molecule has 101 heavy (non-hydrogen) atoms. The summed E-state index contributed by atoms with van der Waals surface area (Å²) in [5, 5.41) is 27.0. The zero-order valence-corrected chi connectivity index (χ0v) is 70.8. The van der Waals surface area contributed by atoms with Crippen molar-refractivity contribution >= 4 is 138 Å². The van der Waals surface area contributed by atoms with E-state index in [0.717, 1.165) is 123 Å². The van der Waals surface area contributed by atoms with E-state index < -0.39 is 15.7 Å². The summed E-state index contributed by atoms with van der Waals surface area (Å²) in [5.74, 6) is 0.505. The average Bonchev–Trinajstić information content (AvgIpc) is 1.66. The minimum absolute atomic E-state index is 0. The van der Waals surface area contributed by atoms with Gasteiger partial charge in [-0.1, -0.05) is 226 Å². The van der Waals surface area contributed by atoms with E-state index in [1.54, 1.807) is 65.6 Å². The number of halogens is 2. The average molecular weight is 1630 g/mol. The summed E-state index contributed by atoms with van der Waals surface area (Å²) in [5.41, 5.74) is 18.4. The summed E-state index contributed by atoms with van der Waals surface area (Å²) in [6, 6.07) is 58.4. The third-order valence-corrected chi connectivity index (χ3v) is 14.0. The van der Waals surface area contributed by atoms with Gasteiger partial charge in [0, 0.05) is 112 Å². The number of amides is 1. The molecule has 18 nitrogen and oxygen atoms in total. The van der Waals surface area contributed by atoms with Gasteiger partial charge in [0.2, 0.25) is 0 Å². The van der Waals surface area contributed by atoms with Crippen LogP contribution in [0.5, 0.6) is 0 Å². The molecule has 4 N–H and O–H groups in total. The Morgan fingerprint density at radius 1 is 0.446 bits per heavy atom. The zero-order valence-electron chi connectivity index (χ0n) is 61.1. The van der Waals surface area contributed by atoms with Crippen LogP contribution in [0.25, 0.3) is 61.2 Å². The largest absolute Gasteiger partial charge is 0.525 e. The smallest absolute Gasteiger partial charge is 0.269 e. The molecule has 0 saturated heterocycles. The summed E-state index contributed by atoms with van der Waals surface area (Å²) < 4.78 is 18.4. The number of rotatable bonds is 11. The van der Waals surface area contributed by atoms with E-state index in [9.17, 15) is 29.4 Å². The number of nitro groups is 2. The number of nitrogens with two attached hydrogens (primary N) is 1. The molecule has 8 aromatic carbocycles. The monoisotopic (exact) mass is 1620 g/mol. The number of fused-ring (bicyclic) bond motifs is 4. The number of non-ortho nitro benzene ring substituents is 2. The Bertz CT molecular complexity index is 4060. The number of H-pyrrole nitrogens is 1. The molecule has 0 fully saturated rings. The standard InChI is InChI=1S/C15H12N3OS.C14H11N3O2S.C14H13N3S.C8H8N2S.C6H4FNO2.8C2H6.CClO.CH4.2Y/c1-20-15-17-13-4-2-3-5-14(13)18(15)12-8-6-11(7-9-12)16-10-19;1-20-14-15-12-4-2-3-5-13(12)16(14)10-6-8-11(9-7-10)17(18)19;1-18-14-16-12-4-2-3-5-13(12)17(14)11-8-6-10(15)7-9-11;1-11-8-9-6-4-2-3-5-7(6)10-8;7-5-1-3-6(4-2-5)8(9)10;8*1-2;2-1-3;;;/h2-9H,1H3,(H,16,19);2-9H,1H3;2-9H,15H2,1H3;2-5H,1H3,(H,9,10);1-4H;8*1-2H3;;1H4;;/q-1;;;;;;;;;;;;;-1;;;. The van der Waals surface area contributed by atoms with Crippen LogP contribution < -0.4 is 11.1 Å². The molecule has 0 atom stereocenters.